The average Bonchev–Trinajstić information content (AvgIpc) is 3.29. The Balaban J connectivity index is 1.68. The van der Waals surface area contributed by atoms with E-state index in [4.69, 9.17) is 10.5 Å². The van der Waals surface area contributed by atoms with Gasteiger partial charge in [0.15, 0.2) is 0 Å². The van der Waals surface area contributed by atoms with E-state index in [0.29, 0.717) is 34.6 Å². The van der Waals surface area contributed by atoms with Crippen molar-refractivity contribution in [3.05, 3.63) is 77.5 Å². The van der Waals surface area contributed by atoms with Gasteiger partial charge in [-0.05, 0) is 55.6 Å². The lowest BCUT2D eigenvalue weighted by molar-refractivity contribution is -0.105. The summed E-state index contributed by atoms with van der Waals surface area (Å²) in [6.07, 6.45) is -1.96. The number of benzene rings is 2. The highest BCUT2D eigenvalue weighted by molar-refractivity contribution is 8.00. The van der Waals surface area contributed by atoms with Crippen LogP contribution in [0.5, 0.6) is 5.75 Å². The smallest absolute Gasteiger partial charge is 0.399 e. The van der Waals surface area contributed by atoms with E-state index in [1.54, 1.807) is 32.0 Å². The number of alkyl halides is 3. The molecule has 0 aliphatic rings. The molecule has 0 spiro atoms. The number of primary amides is 1. The van der Waals surface area contributed by atoms with Crippen LogP contribution in [0, 0.1) is 12.7 Å². The number of nitrogens with one attached hydrogen (secondary N) is 3. The number of carbonyl (C=O) groups excluding carboxylic acids is 1. The summed E-state index contributed by atoms with van der Waals surface area (Å²) in [5.74, 6) is -1.64. The van der Waals surface area contributed by atoms with Gasteiger partial charge in [0.25, 0.3) is 5.91 Å². The summed E-state index contributed by atoms with van der Waals surface area (Å²) in [5, 5.41) is 9.87. The molecular formula is C25H23F4N7O2S. The van der Waals surface area contributed by atoms with E-state index in [-0.39, 0.29) is 28.5 Å². The van der Waals surface area contributed by atoms with Crippen molar-refractivity contribution in [2.24, 2.45) is 5.73 Å². The molecule has 1 amide bonds. The summed E-state index contributed by atoms with van der Waals surface area (Å²) in [5.41, 5.74) is 7.86. The molecule has 2 aromatic carbocycles. The molecule has 0 fully saturated rings. The lowest BCUT2D eigenvalue weighted by Gasteiger charge is -2.19. The topological polar surface area (TPSA) is 131 Å². The first kappa shape index (κ1) is 27.7. The van der Waals surface area contributed by atoms with Gasteiger partial charge in [0, 0.05) is 5.56 Å². The van der Waals surface area contributed by atoms with Crippen LogP contribution in [0.25, 0.3) is 11.3 Å². The summed E-state index contributed by atoms with van der Waals surface area (Å²) in [7, 11) is 0. The van der Waals surface area contributed by atoms with Crippen molar-refractivity contribution < 1.29 is 27.1 Å². The maximum absolute atomic E-state index is 13.4. The molecule has 0 saturated carbocycles. The van der Waals surface area contributed by atoms with Crippen molar-refractivity contribution in [1.82, 2.24) is 20.2 Å². The Morgan fingerprint density at radius 1 is 1.15 bits per heavy atom. The number of rotatable bonds is 10. The first-order valence-electron chi connectivity index (χ1n) is 11.4. The molecule has 39 heavy (non-hydrogen) atoms. The fourth-order valence-corrected chi connectivity index (χ4v) is 4.07. The van der Waals surface area contributed by atoms with E-state index in [0.717, 1.165) is 0 Å². The number of carbonyl (C=O) groups is 1. The van der Waals surface area contributed by atoms with Crippen LogP contribution in [0.2, 0.25) is 0 Å². The number of H-pyrrole nitrogens is 1. The predicted molar refractivity (Wildman–Crippen MR) is 140 cm³/mol. The minimum Gasteiger partial charge on any atom is -0.484 e. The van der Waals surface area contributed by atoms with Crippen LogP contribution >= 0.6 is 11.9 Å². The molecule has 4 rings (SSSR count). The highest BCUT2D eigenvalue weighted by Crippen LogP contribution is 2.37. The molecule has 5 N–H and O–H groups in total. The van der Waals surface area contributed by atoms with Gasteiger partial charge in [-0.25, -0.2) is 9.37 Å². The Kier molecular flexibility index (Phi) is 8.24. The molecule has 1 unspecified atom stereocenters. The number of nitrogens with zero attached hydrogens (tertiary/aromatic N) is 3. The van der Waals surface area contributed by atoms with E-state index >= 15 is 0 Å². The van der Waals surface area contributed by atoms with Gasteiger partial charge in [-0.1, -0.05) is 18.2 Å². The molecule has 2 aromatic heterocycles. The average molecular weight is 562 g/mol. The van der Waals surface area contributed by atoms with Gasteiger partial charge in [0.2, 0.25) is 0 Å². The fourth-order valence-electron chi connectivity index (χ4n) is 3.51. The molecule has 14 heteroatoms. The SMILES string of the molecule is Cc1cnc(Nc2[nH]nc(-c3ccc(NSCC(F)(F)F)c(OC(C)c4ccc(F)cc4)c3)c2C(N)=O)cn1. The number of aryl methyl sites for hydroxylation is 1. The molecule has 9 nitrogen and oxygen atoms in total. The minimum absolute atomic E-state index is 0.0297. The number of amides is 1. The van der Waals surface area contributed by atoms with Gasteiger partial charge >= 0.3 is 6.18 Å². The summed E-state index contributed by atoms with van der Waals surface area (Å²) in [6, 6.07) is 10.2. The quantitative estimate of drug-likeness (QED) is 0.139. The molecule has 0 aliphatic heterocycles. The third-order valence-electron chi connectivity index (χ3n) is 5.36. The second-order valence-corrected chi connectivity index (χ2v) is 9.16. The number of halogens is 4. The summed E-state index contributed by atoms with van der Waals surface area (Å²) < 4.78 is 60.2. The van der Waals surface area contributed by atoms with Crippen molar-refractivity contribution >= 4 is 35.2 Å². The summed E-state index contributed by atoms with van der Waals surface area (Å²) in [4.78, 5) is 20.7. The maximum Gasteiger partial charge on any atom is 0.399 e. The zero-order valence-electron chi connectivity index (χ0n) is 20.6. The van der Waals surface area contributed by atoms with E-state index in [1.165, 1.54) is 36.7 Å². The Morgan fingerprint density at radius 2 is 1.90 bits per heavy atom. The number of nitrogens with two attached hydrogens (primary N) is 1. The Bertz CT molecular complexity index is 1440. The van der Waals surface area contributed by atoms with E-state index in [9.17, 15) is 22.4 Å². The van der Waals surface area contributed by atoms with Crippen molar-refractivity contribution in [3.8, 4) is 17.0 Å². The molecule has 1 atom stereocenters. The van der Waals surface area contributed by atoms with Crippen molar-refractivity contribution in [3.63, 3.8) is 0 Å². The Labute approximate surface area is 224 Å². The predicted octanol–water partition coefficient (Wildman–Crippen LogP) is 5.92. The van der Waals surface area contributed by atoms with E-state index < -0.39 is 29.8 Å². The van der Waals surface area contributed by atoms with Gasteiger partial charge in [0.05, 0.1) is 23.8 Å². The zero-order chi connectivity index (χ0) is 28.2. The molecule has 4 aromatic rings. The summed E-state index contributed by atoms with van der Waals surface area (Å²) >= 11 is 0.445. The third kappa shape index (κ3) is 7.16. The lowest BCUT2D eigenvalue weighted by Crippen LogP contribution is -2.14. The van der Waals surface area contributed by atoms with Crippen LogP contribution in [0.1, 0.15) is 34.6 Å². The van der Waals surface area contributed by atoms with Gasteiger partial charge < -0.3 is 20.5 Å². The van der Waals surface area contributed by atoms with Crippen molar-refractivity contribution in [2.75, 3.05) is 15.8 Å². The number of hydrogen-bond acceptors (Lipinski definition) is 8. The number of aromatic amines is 1. The van der Waals surface area contributed by atoms with Crippen LogP contribution in [-0.4, -0.2) is 38.0 Å². The van der Waals surface area contributed by atoms with E-state index in [1.807, 2.05) is 0 Å². The van der Waals surface area contributed by atoms with Gasteiger partial charge in [-0.15, -0.1) is 0 Å². The number of anilines is 3. The molecular weight excluding hydrogens is 538 g/mol. The van der Waals surface area contributed by atoms with Crippen molar-refractivity contribution in [1.29, 1.82) is 0 Å². The molecule has 2 heterocycles. The van der Waals surface area contributed by atoms with Crippen LogP contribution in [0.4, 0.5) is 34.9 Å². The molecule has 204 valence electrons. The first-order valence-corrected chi connectivity index (χ1v) is 12.4. The van der Waals surface area contributed by atoms with Crippen LogP contribution in [0.3, 0.4) is 0 Å². The monoisotopic (exact) mass is 561 g/mol. The van der Waals surface area contributed by atoms with Gasteiger partial charge in [-0.2, -0.15) is 18.3 Å². The second kappa shape index (κ2) is 11.6. The minimum atomic E-state index is -4.38. The zero-order valence-corrected chi connectivity index (χ0v) is 21.5. The Hall–Kier alpha value is -4.33. The van der Waals surface area contributed by atoms with Crippen molar-refractivity contribution in [2.45, 2.75) is 26.1 Å². The standard InChI is InChI=1S/C25H23F4N7O2S/c1-13-10-32-20(11-31-13)33-24-21(23(30)37)22(34-35-24)16-5-8-18(36-39-12-25(27,28)29)19(9-16)38-14(2)15-3-6-17(26)7-4-15/h3-11,14,36H,12H2,1-2H3,(H2,30,37)(H2,32,33,34,35). The number of ether oxygens (including phenoxy) is 1. The van der Waals surface area contributed by atoms with E-state index in [2.05, 4.69) is 30.2 Å². The molecule has 0 radical (unpaired) electrons. The first-order chi connectivity index (χ1) is 18.5. The van der Waals surface area contributed by atoms with Gasteiger partial charge in [-0.3, -0.25) is 14.9 Å². The largest absolute Gasteiger partial charge is 0.484 e. The third-order valence-corrected chi connectivity index (χ3v) is 6.20. The lowest BCUT2D eigenvalue weighted by atomic mass is 10.1. The summed E-state index contributed by atoms with van der Waals surface area (Å²) in [6.45, 7) is 3.48. The number of aromatic nitrogens is 4. The van der Waals surface area contributed by atoms with Crippen LogP contribution in [0.15, 0.2) is 54.9 Å². The molecule has 0 aliphatic carbocycles. The maximum atomic E-state index is 13.4. The normalized spacial score (nSPS) is 12.2. The van der Waals surface area contributed by atoms with Crippen LogP contribution in [-0.2, 0) is 0 Å². The van der Waals surface area contributed by atoms with Gasteiger partial charge in [0.1, 0.15) is 46.3 Å². The number of hydrogen-bond donors (Lipinski definition) is 4. The highest BCUT2D eigenvalue weighted by atomic mass is 32.2. The highest BCUT2D eigenvalue weighted by Gasteiger charge is 2.28. The van der Waals surface area contributed by atoms with Crippen LogP contribution < -0.4 is 20.5 Å². The molecule has 0 saturated heterocycles. The Morgan fingerprint density at radius 3 is 2.54 bits per heavy atom. The molecule has 0 bridgehead atoms. The fraction of sp³-hybridized carbons (Fsp3) is 0.200. The second-order valence-electron chi connectivity index (χ2n) is 8.38.